The van der Waals surface area contributed by atoms with Gasteiger partial charge in [-0.2, -0.15) is 0 Å². The first-order valence-electron chi connectivity index (χ1n) is 6.41. The summed E-state index contributed by atoms with van der Waals surface area (Å²) in [6.07, 6.45) is -0.674. The Kier molecular flexibility index (Phi) is 4.63. The van der Waals surface area contributed by atoms with Crippen LogP contribution in [0.5, 0.6) is 0 Å². The van der Waals surface area contributed by atoms with E-state index < -0.39 is 6.10 Å². The van der Waals surface area contributed by atoms with E-state index in [1.807, 2.05) is 31.3 Å². The molecular weight excluding hydrogens is 277 g/mol. The molecule has 0 amide bonds. The Morgan fingerprint density at radius 2 is 1.95 bits per heavy atom. The average Bonchev–Trinajstić information content (AvgIpc) is 2.41. The Morgan fingerprint density at radius 3 is 2.55 bits per heavy atom. The summed E-state index contributed by atoms with van der Waals surface area (Å²) in [6, 6.07) is 12.3. The van der Waals surface area contributed by atoms with Crippen LogP contribution in [0.25, 0.3) is 0 Å². The van der Waals surface area contributed by atoms with E-state index in [4.69, 9.17) is 11.6 Å². The lowest BCUT2D eigenvalue weighted by atomic mass is 10.1. The minimum Gasteiger partial charge on any atom is -0.389 e. The Hall–Kier alpha value is -1.58. The fourth-order valence-corrected chi connectivity index (χ4v) is 2.26. The van der Waals surface area contributed by atoms with Gasteiger partial charge in [0.25, 0.3) is 0 Å². The van der Waals surface area contributed by atoms with Gasteiger partial charge in [-0.25, -0.2) is 4.39 Å². The zero-order valence-corrected chi connectivity index (χ0v) is 12.2. The normalized spacial score (nSPS) is 12.2. The van der Waals surface area contributed by atoms with Crippen LogP contribution >= 0.6 is 11.6 Å². The fraction of sp³-hybridized carbons (Fsp3) is 0.250. The molecule has 0 spiro atoms. The summed E-state index contributed by atoms with van der Waals surface area (Å²) in [4.78, 5) is 1.79. The molecule has 1 atom stereocenters. The maximum atomic E-state index is 14.1. The predicted molar refractivity (Wildman–Crippen MR) is 80.6 cm³/mol. The second kappa shape index (κ2) is 6.25. The van der Waals surface area contributed by atoms with E-state index >= 15 is 0 Å². The van der Waals surface area contributed by atoms with E-state index in [9.17, 15) is 9.50 Å². The lowest BCUT2D eigenvalue weighted by molar-refractivity contribution is 0.199. The van der Waals surface area contributed by atoms with Gasteiger partial charge < -0.3 is 10.0 Å². The van der Waals surface area contributed by atoms with Crippen LogP contribution in [-0.4, -0.2) is 12.2 Å². The largest absolute Gasteiger partial charge is 0.389 e. The average molecular weight is 294 g/mol. The molecule has 0 heterocycles. The smallest absolute Gasteiger partial charge is 0.146 e. The highest BCUT2D eigenvalue weighted by Gasteiger charge is 2.12. The molecule has 0 aliphatic heterocycles. The third-order valence-corrected chi connectivity index (χ3v) is 3.60. The highest BCUT2D eigenvalue weighted by molar-refractivity contribution is 6.31. The fourth-order valence-electron chi connectivity index (χ4n) is 2.06. The summed E-state index contributed by atoms with van der Waals surface area (Å²) in [6.45, 7) is 2.13. The van der Waals surface area contributed by atoms with Crippen molar-refractivity contribution in [3.8, 4) is 0 Å². The lowest BCUT2D eigenvalue weighted by Crippen LogP contribution is -2.18. The summed E-state index contributed by atoms with van der Waals surface area (Å²) in [5.74, 6) is -0.349. The molecule has 1 N–H and O–H groups in total. The number of benzene rings is 2. The molecule has 2 nitrogen and oxygen atoms in total. The first-order valence-corrected chi connectivity index (χ1v) is 6.79. The summed E-state index contributed by atoms with van der Waals surface area (Å²) in [5, 5.41) is 10.1. The molecule has 0 saturated carbocycles. The van der Waals surface area contributed by atoms with Crippen molar-refractivity contribution in [3.63, 3.8) is 0 Å². The van der Waals surface area contributed by atoms with Gasteiger partial charge in [0, 0.05) is 18.6 Å². The molecule has 2 rings (SSSR count). The van der Waals surface area contributed by atoms with Crippen LogP contribution in [-0.2, 0) is 6.54 Å². The molecule has 0 unspecified atom stereocenters. The van der Waals surface area contributed by atoms with Gasteiger partial charge in [0.05, 0.1) is 11.8 Å². The number of halogens is 2. The van der Waals surface area contributed by atoms with E-state index in [0.29, 0.717) is 22.8 Å². The third-order valence-electron chi connectivity index (χ3n) is 3.23. The van der Waals surface area contributed by atoms with Gasteiger partial charge in [-0.05, 0) is 36.2 Å². The molecule has 0 bridgehead atoms. The quantitative estimate of drug-likeness (QED) is 0.914. The molecule has 0 aliphatic rings. The minimum absolute atomic E-state index is 0.349. The Labute approximate surface area is 123 Å². The number of aliphatic hydroxyl groups excluding tert-OH is 1. The number of nitrogens with zero attached hydrogens (tertiary/aromatic N) is 1. The van der Waals surface area contributed by atoms with Crippen molar-refractivity contribution in [2.75, 3.05) is 11.9 Å². The Morgan fingerprint density at radius 1 is 1.25 bits per heavy atom. The summed E-state index contributed by atoms with van der Waals surface area (Å²) in [7, 11) is 1.81. The van der Waals surface area contributed by atoms with Crippen LogP contribution in [0.2, 0.25) is 5.02 Å². The number of anilines is 1. The molecule has 0 aromatic heterocycles. The lowest BCUT2D eigenvalue weighted by Gasteiger charge is -2.21. The van der Waals surface area contributed by atoms with Gasteiger partial charge in [0.1, 0.15) is 5.82 Å². The van der Waals surface area contributed by atoms with Crippen LogP contribution < -0.4 is 4.90 Å². The van der Waals surface area contributed by atoms with Crippen LogP contribution in [0.3, 0.4) is 0 Å². The van der Waals surface area contributed by atoms with Crippen molar-refractivity contribution in [1.29, 1.82) is 0 Å². The van der Waals surface area contributed by atoms with E-state index in [-0.39, 0.29) is 5.82 Å². The molecule has 2 aromatic carbocycles. The molecule has 0 radical (unpaired) electrons. The Balaban J connectivity index is 2.21. The van der Waals surface area contributed by atoms with Gasteiger partial charge >= 0.3 is 0 Å². The van der Waals surface area contributed by atoms with Gasteiger partial charge in [0.15, 0.2) is 0 Å². The van der Waals surface area contributed by atoms with Crippen molar-refractivity contribution in [1.82, 2.24) is 0 Å². The van der Waals surface area contributed by atoms with Crippen LogP contribution in [0.15, 0.2) is 42.5 Å². The number of rotatable bonds is 4. The van der Waals surface area contributed by atoms with Gasteiger partial charge in [-0.1, -0.05) is 35.9 Å². The SMILES string of the molecule is C[C@H](O)c1ccc(N(C)Cc2ccccc2Cl)c(F)c1. The van der Waals surface area contributed by atoms with Gasteiger partial charge in [0.2, 0.25) is 0 Å². The standard InChI is InChI=1S/C16H17ClFNO/c1-11(20)12-7-8-16(15(18)9-12)19(2)10-13-5-3-4-6-14(13)17/h3-9,11,20H,10H2,1-2H3/t11-/m0/s1. The maximum Gasteiger partial charge on any atom is 0.146 e. The second-order valence-electron chi connectivity index (χ2n) is 4.83. The van der Waals surface area contributed by atoms with Crippen molar-refractivity contribution >= 4 is 17.3 Å². The molecule has 20 heavy (non-hydrogen) atoms. The first-order chi connectivity index (χ1) is 9.49. The molecule has 4 heteroatoms. The molecule has 0 aliphatic carbocycles. The van der Waals surface area contributed by atoms with Gasteiger partial charge in [-0.3, -0.25) is 0 Å². The topological polar surface area (TPSA) is 23.5 Å². The Bertz CT molecular complexity index is 601. The zero-order valence-electron chi connectivity index (χ0n) is 11.5. The van der Waals surface area contributed by atoms with E-state index in [1.54, 1.807) is 24.0 Å². The molecule has 0 fully saturated rings. The van der Waals surface area contributed by atoms with Crippen molar-refractivity contribution in [2.45, 2.75) is 19.6 Å². The highest BCUT2D eigenvalue weighted by Crippen LogP contribution is 2.25. The number of hydrogen-bond acceptors (Lipinski definition) is 2. The number of aliphatic hydroxyl groups is 1. The van der Waals surface area contributed by atoms with Crippen molar-refractivity contribution in [2.24, 2.45) is 0 Å². The second-order valence-corrected chi connectivity index (χ2v) is 5.24. The van der Waals surface area contributed by atoms with Crippen LogP contribution in [0, 0.1) is 5.82 Å². The van der Waals surface area contributed by atoms with Crippen molar-refractivity contribution < 1.29 is 9.50 Å². The number of hydrogen-bond donors (Lipinski definition) is 1. The molecule has 106 valence electrons. The molecule has 2 aromatic rings. The van der Waals surface area contributed by atoms with Crippen LogP contribution in [0.1, 0.15) is 24.2 Å². The maximum absolute atomic E-state index is 14.1. The monoisotopic (exact) mass is 293 g/mol. The summed E-state index contributed by atoms with van der Waals surface area (Å²) >= 11 is 6.11. The minimum atomic E-state index is -0.674. The van der Waals surface area contributed by atoms with E-state index in [1.165, 1.54) is 6.07 Å². The van der Waals surface area contributed by atoms with Gasteiger partial charge in [-0.15, -0.1) is 0 Å². The third kappa shape index (κ3) is 3.30. The molecule has 0 saturated heterocycles. The van der Waals surface area contributed by atoms with Crippen LogP contribution in [0.4, 0.5) is 10.1 Å². The zero-order chi connectivity index (χ0) is 14.7. The highest BCUT2D eigenvalue weighted by atomic mass is 35.5. The first kappa shape index (κ1) is 14.8. The summed E-state index contributed by atoms with van der Waals surface area (Å²) < 4.78 is 14.1. The molecular formula is C16H17ClFNO. The van der Waals surface area contributed by atoms with E-state index in [0.717, 1.165) is 5.56 Å². The summed E-state index contributed by atoms with van der Waals surface area (Å²) in [5.41, 5.74) is 1.99. The van der Waals surface area contributed by atoms with E-state index in [2.05, 4.69) is 0 Å². The van der Waals surface area contributed by atoms with Crippen molar-refractivity contribution in [3.05, 3.63) is 64.4 Å². The predicted octanol–water partition coefficient (Wildman–Crippen LogP) is 4.17.